The van der Waals surface area contributed by atoms with Gasteiger partial charge in [-0.3, -0.25) is 9.59 Å². The lowest BCUT2D eigenvalue weighted by Crippen LogP contribution is -2.41. The number of ether oxygens (including phenoxy) is 1. The van der Waals surface area contributed by atoms with Crippen molar-refractivity contribution in [1.82, 2.24) is 10.6 Å². The fraction of sp³-hybridized carbons (Fsp3) is 0.138. The Morgan fingerprint density at radius 2 is 1.69 bits per heavy atom. The molecular weight excluding hydrogens is 454 g/mol. The zero-order valence-corrected chi connectivity index (χ0v) is 19.7. The number of hydrogen-bond acceptors (Lipinski definition) is 7. The Hall–Kier alpha value is -4.65. The highest BCUT2D eigenvalue weighted by molar-refractivity contribution is 6.10. The van der Waals surface area contributed by atoms with Gasteiger partial charge in [-0.1, -0.05) is 48.5 Å². The van der Waals surface area contributed by atoms with Gasteiger partial charge in [0.2, 0.25) is 0 Å². The van der Waals surface area contributed by atoms with Gasteiger partial charge in [0.05, 0.1) is 7.11 Å². The molecule has 1 aliphatic carbocycles. The number of para-hydroxylation sites is 1. The zero-order valence-electron chi connectivity index (χ0n) is 19.7. The summed E-state index contributed by atoms with van der Waals surface area (Å²) in [6.45, 7) is 0. The van der Waals surface area contributed by atoms with Gasteiger partial charge >= 0.3 is 0 Å². The molecule has 1 atom stereocenters. The summed E-state index contributed by atoms with van der Waals surface area (Å²) in [7, 11) is 1.58. The van der Waals surface area contributed by atoms with Crippen molar-refractivity contribution < 1.29 is 19.4 Å². The Kier molecular flexibility index (Phi) is 6.36. The highest BCUT2D eigenvalue weighted by Crippen LogP contribution is 2.29. The highest BCUT2D eigenvalue weighted by Gasteiger charge is 2.26. The van der Waals surface area contributed by atoms with Crippen LogP contribution in [0.4, 0.5) is 0 Å². The van der Waals surface area contributed by atoms with Crippen LogP contribution in [0, 0.1) is 0 Å². The largest absolute Gasteiger partial charge is 0.508 e. The van der Waals surface area contributed by atoms with Gasteiger partial charge in [0.25, 0.3) is 0 Å². The van der Waals surface area contributed by atoms with Crippen LogP contribution in [0.2, 0.25) is 0 Å². The van der Waals surface area contributed by atoms with Crippen LogP contribution in [-0.2, 0) is 4.79 Å². The third-order valence-corrected chi connectivity index (χ3v) is 6.22. The van der Waals surface area contributed by atoms with Crippen LogP contribution in [0.25, 0.3) is 0 Å². The number of carbonyl (C=O) groups excluding carboxylic acids is 2. The van der Waals surface area contributed by atoms with E-state index < -0.39 is 6.17 Å². The third kappa shape index (κ3) is 4.63. The maximum atomic E-state index is 12.9. The van der Waals surface area contributed by atoms with Crippen LogP contribution in [0.5, 0.6) is 11.5 Å². The second-order valence-electron chi connectivity index (χ2n) is 8.50. The van der Waals surface area contributed by atoms with Crippen molar-refractivity contribution in [2.45, 2.75) is 19.0 Å². The predicted octanol–water partition coefficient (Wildman–Crippen LogP) is 4.40. The maximum Gasteiger partial charge on any atom is 0.193 e. The number of carbonyl (C=O) groups is 2. The number of benzene rings is 3. The number of ketones is 2. The van der Waals surface area contributed by atoms with Crippen LogP contribution >= 0.6 is 0 Å². The molecule has 180 valence electrons. The van der Waals surface area contributed by atoms with Crippen molar-refractivity contribution in [3.8, 4) is 11.5 Å². The van der Waals surface area contributed by atoms with Crippen LogP contribution in [-0.4, -0.2) is 29.6 Å². The Balaban J connectivity index is 1.48. The summed E-state index contributed by atoms with van der Waals surface area (Å²) >= 11 is 0. The molecule has 36 heavy (non-hydrogen) atoms. The Bertz CT molecular complexity index is 1400. The molecule has 0 spiro atoms. The number of rotatable bonds is 5. The summed E-state index contributed by atoms with van der Waals surface area (Å²) in [5.41, 5.74) is 3.09. The molecule has 1 unspecified atom stereocenters. The van der Waals surface area contributed by atoms with E-state index in [9.17, 15) is 14.7 Å². The fourth-order valence-electron chi connectivity index (χ4n) is 4.24. The molecule has 3 N–H and O–H groups in total. The van der Waals surface area contributed by atoms with E-state index in [1.54, 1.807) is 67.8 Å². The van der Waals surface area contributed by atoms with Crippen molar-refractivity contribution in [3.05, 3.63) is 119 Å². The third-order valence-electron chi connectivity index (χ3n) is 6.22. The number of allylic oxidation sites excluding steroid dienone is 3. The van der Waals surface area contributed by atoms with Gasteiger partial charge in [-0.05, 0) is 49.2 Å². The molecule has 7 heteroatoms. The second-order valence-corrected chi connectivity index (χ2v) is 8.50. The summed E-state index contributed by atoms with van der Waals surface area (Å²) in [6.07, 6.45) is 4.22. The molecule has 0 bridgehead atoms. The van der Waals surface area contributed by atoms with Crippen molar-refractivity contribution >= 4 is 17.4 Å². The van der Waals surface area contributed by atoms with Crippen LogP contribution in [0.15, 0.2) is 101 Å². The van der Waals surface area contributed by atoms with E-state index in [1.807, 2.05) is 24.3 Å². The average Bonchev–Trinajstić information content (AvgIpc) is 2.93. The van der Waals surface area contributed by atoms with E-state index in [0.717, 1.165) is 12.0 Å². The lowest BCUT2D eigenvalue weighted by atomic mass is 9.98. The molecule has 0 saturated heterocycles. The fourth-order valence-corrected chi connectivity index (χ4v) is 4.24. The number of nitrogens with zero attached hydrogens (tertiary/aromatic N) is 1. The van der Waals surface area contributed by atoms with Gasteiger partial charge in [0, 0.05) is 27.8 Å². The van der Waals surface area contributed by atoms with Crippen molar-refractivity contribution in [3.63, 3.8) is 0 Å². The smallest absolute Gasteiger partial charge is 0.193 e. The molecule has 7 nitrogen and oxygen atoms in total. The Morgan fingerprint density at radius 3 is 2.36 bits per heavy atom. The number of methoxy groups -OCH3 is 1. The van der Waals surface area contributed by atoms with Gasteiger partial charge in [-0.2, -0.15) is 0 Å². The summed E-state index contributed by atoms with van der Waals surface area (Å²) < 4.78 is 5.16. The molecule has 3 aromatic rings. The van der Waals surface area contributed by atoms with Crippen LogP contribution < -0.4 is 15.4 Å². The number of aliphatic imine (C=N–C) groups is 1. The summed E-state index contributed by atoms with van der Waals surface area (Å²) in [5, 5.41) is 17.0. The number of phenols is 1. The molecule has 3 aromatic carbocycles. The van der Waals surface area contributed by atoms with Crippen molar-refractivity contribution in [1.29, 1.82) is 0 Å². The van der Waals surface area contributed by atoms with Gasteiger partial charge in [0.15, 0.2) is 17.7 Å². The van der Waals surface area contributed by atoms with E-state index in [0.29, 0.717) is 46.1 Å². The van der Waals surface area contributed by atoms with Gasteiger partial charge in [-0.15, -0.1) is 0 Å². The summed E-state index contributed by atoms with van der Waals surface area (Å²) in [6, 6.07) is 21.1. The lowest BCUT2D eigenvalue weighted by molar-refractivity contribution is -0.111. The minimum absolute atomic E-state index is 0.0611. The number of phenolic OH excluding ortho intramolecular Hbond substituents is 1. The minimum atomic E-state index is -0.593. The first-order chi connectivity index (χ1) is 17.5. The van der Waals surface area contributed by atoms with E-state index in [4.69, 9.17) is 9.73 Å². The molecule has 0 amide bonds. The molecule has 0 fully saturated rings. The highest BCUT2D eigenvalue weighted by atomic mass is 16.5. The number of aromatic hydroxyl groups is 1. The maximum absolute atomic E-state index is 12.9. The first-order valence-electron chi connectivity index (χ1n) is 11.7. The average molecular weight is 480 g/mol. The van der Waals surface area contributed by atoms with E-state index in [1.165, 1.54) is 0 Å². The molecule has 1 aliphatic heterocycles. The van der Waals surface area contributed by atoms with Crippen molar-refractivity contribution in [2.24, 2.45) is 4.99 Å². The normalized spacial score (nSPS) is 19.2. The standard InChI is InChI=1S/C29H25N3O4/c1-36-21-16-14-19(15-17-21)26(35)18-10-12-20(13-11-18)27-30-28(22-6-2-4-8-24(22)33)32-29(31-27)23-7-3-5-9-25(23)34/h2,4-6,8-17,28,32-33H,3,7H2,1H3,(H,30,31)/b29-23+. The quantitative estimate of drug-likeness (QED) is 0.371. The van der Waals surface area contributed by atoms with Crippen molar-refractivity contribution in [2.75, 3.05) is 7.11 Å². The molecule has 0 aromatic heterocycles. The topological polar surface area (TPSA) is 100 Å². The monoisotopic (exact) mass is 479 g/mol. The van der Waals surface area contributed by atoms with E-state index >= 15 is 0 Å². The SMILES string of the molecule is COc1ccc(C(=O)c2ccc(C3=NC(c4ccccc4O)N/C(=C4\CCC=CC4=O)N3)cc2)cc1. The molecule has 2 aliphatic rings. The van der Waals surface area contributed by atoms with E-state index in [2.05, 4.69) is 10.6 Å². The molecule has 0 saturated carbocycles. The van der Waals surface area contributed by atoms with Crippen LogP contribution in [0.1, 0.15) is 46.1 Å². The lowest BCUT2D eigenvalue weighted by Gasteiger charge is -2.29. The van der Waals surface area contributed by atoms with Crippen LogP contribution in [0.3, 0.4) is 0 Å². The molecule has 0 radical (unpaired) electrons. The van der Waals surface area contributed by atoms with Gasteiger partial charge in [-0.25, -0.2) is 4.99 Å². The minimum Gasteiger partial charge on any atom is -0.508 e. The summed E-state index contributed by atoms with van der Waals surface area (Å²) in [5.74, 6) is 1.75. The number of hydrogen-bond donors (Lipinski definition) is 3. The first kappa shape index (κ1) is 23.1. The Morgan fingerprint density at radius 1 is 1.00 bits per heavy atom. The number of nitrogens with one attached hydrogen (secondary N) is 2. The predicted molar refractivity (Wildman–Crippen MR) is 137 cm³/mol. The number of amidine groups is 1. The zero-order chi connectivity index (χ0) is 25.1. The molecule has 5 rings (SSSR count). The van der Waals surface area contributed by atoms with Gasteiger partial charge < -0.3 is 20.5 Å². The molecular formula is C29H25N3O4. The second kappa shape index (κ2) is 9.92. The first-order valence-corrected chi connectivity index (χ1v) is 11.7. The Labute approximate surface area is 208 Å². The van der Waals surface area contributed by atoms with Gasteiger partial charge in [0.1, 0.15) is 23.2 Å². The molecule has 1 heterocycles. The van der Waals surface area contributed by atoms with E-state index in [-0.39, 0.29) is 17.3 Å². The summed E-state index contributed by atoms with van der Waals surface area (Å²) in [4.78, 5) is 30.3.